The van der Waals surface area contributed by atoms with E-state index in [0.717, 1.165) is 24.9 Å². The van der Waals surface area contributed by atoms with Crippen molar-refractivity contribution in [2.24, 2.45) is 17.1 Å². The van der Waals surface area contributed by atoms with Crippen molar-refractivity contribution in [3.8, 4) is 0 Å². The van der Waals surface area contributed by atoms with Crippen LogP contribution in [-0.2, 0) is 0 Å². The molecule has 0 aromatic rings. The summed E-state index contributed by atoms with van der Waals surface area (Å²) < 4.78 is 0. The van der Waals surface area contributed by atoms with E-state index >= 15 is 0 Å². The first-order valence-corrected chi connectivity index (χ1v) is 6.41. The van der Waals surface area contributed by atoms with Crippen molar-refractivity contribution < 1.29 is 0 Å². The smallest absolute Gasteiger partial charge is 0.0963 e. The van der Waals surface area contributed by atoms with Crippen LogP contribution in [0.5, 0.6) is 0 Å². The van der Waals surface area contributed by atoms with Crippen LogP contribution in [-0.4, -0.2) is 29.9 Å². The Kier molecular flexibility index (Phi) is 4.36. The van der Waals surface area contributed by atoms with Gasteiger partial charge in [0.1, 0.15) is 0 Å². The third-order valence-corrected chi connectivity index (χ3v) is 3.42. The summed E-state index contributed by atoms with van der Waals surface area (Å²) in [5, 5.41) is 7.57. The second-order valence-electron chi connectivity index (χ2n) is 6.17. The fourth-order valence-corrected chi connectivity index (χ4v) is 1.89. The molecule has 3 heteroatoms. The number of nitrogens with two attached hydrogens (primary N) is 1. The average Bonchev–Trinajstić information content (AvgIpc) is 2.94. The van der Waals surface area contributed by atoms with Crippen LogP contribution in [0.1, 0.15) is 47.0 Å². The lowest BCUT2D eigenvalue weighted by molar-refractivity contribution is 0.212. The topological polar surface area (TPSA) is 53.1 Å². The minimum atomic E-state index is -0.149. The molecule has 0 radical (unpaired) electrons. The highest BCUT2D eigenvalue weighted by Gasteiger charge is 2.31. The number of nitrogens with one attached hydrogen (secondary N) is 1. The SMILES string of the molecule is CC(C)CN(CCC(C)(C)C(=N)N)C1CC1. The van der Waals surface area contributed by atoms with Gasteiger partial charge in [-0.1, -0.05) is 27.7 Å². The molecule has 0 unspecified atom stereocenters. The molecule has 0 aromatic heterocycles. The molecule has 0 aromatic carbocycles. The van der Waals surface area contributed by atoms with Gasteiger partial charge in [0.2, 0.25) is 0 Å². The van der Waals surface area contributed by atoms with E-state index in [4.69, 9.17) is 11.1 Å². The van der Waals surface area contributed by atoms with Crippen molar-refractivity contribution in [2.45, 2.75) is 53.0 Å². The lowest BCUT2D eigenvalue weighted by atomic mass is 9.88. The highest BCUT2D eigenvalue weighted by molar-refractivity contribution is 5.82. The van der Waals surface area contributed by atoms with E-state index in [2.05, 4.69) is 32.6 Å². The zero-order valence-corrected chi connectivity index (χ0v) is 11.2. The van der Waals surface area contributed by atoms with E-state index < -0.39 is 0 Å². The minimum absolute atomic E-state index is 0.149. The summed E-state index contributed by atoms with van der Waals surface area (Å²) in [5.74, 6) is 1.04. The Morgan fingerprint density at radius 2 is 2.00 bits per heavy atom. The molecule has 0 aliphatic heterocycles. The molecule has 3 N–H and O–H groups in total. The molecular formula is C13H27N3. The lowest BCUT2D eigenvalue weighted by Gasteiger charge is -2.29. The Labute approximate surface area is 99.9 Å². The van der Waals surface area contributed by atoms with Crippen LogP contribution in [0.4, 0.5) is 0 Å². The number of rotatable bonds is 7. The van der Waals surface area contributed by atoms with Gasteiger partial charge in [-0.2, -0.15) is 0 Å². The predicted octanol–water partition coefficient (Wildman–Crippen LogP) is 2.46. The van der Waals surface area contributed by atoms with E-state index in [9.17, 15) is 0 Å². The first kappa shape index (κ1) is 13.5. The number of nitrogens with zero attached hydrogens (tertiary/aromatic N) is 1. The molecule has 3 nitrogen and oxygen atoms in total. The molecule has 1 aliphatic carbocycles. The Hall–Kier alpha value is -0.570. The maximum atomic E-state index is 7.57. The van der Waals surface area contributed by atoms with Gasteiger partial charge in [-0.05, 0) is 31.7 Å². The van der Waals surface area contributed by atoms with Gasteiger partial charge in [0.05, 0.1) is 5.84 Å². The summed E-state index contributed by atoms with van der Waals surface area (Å²) in [6.45, 7) is 10.9. The van der Waals surface area contributed by atoms with Gasteiger partial charge in [-0.15, -0.1) is 0 Å². The molecule has 1 aliphatic rings. The summed E-state index contributed by atoms with van der Waals surface area (Å²) in [4.78, 5) is 2.58. The molecule has 0 amide bonds. The van der Waals surface area contributed by atoms with Crippen molar-refractivity contribution in [1.82, 2.24) is 4.90 Å². The maximum absolute atomic E-state index is 7.57. The van der Waals surface area contributed by atoms with Crippen LogP contribution in [0, 0.1) is 16.7 Å². The van der Waals surface area contributed by atoms with Gasteiger partial charge >= 0.3 is 0 Å². The molecule has 16 heavy (non-hydrogen) atoms. The zero-order chi connectivity index (χ0) is 12.3. The zero-order valence-electron chi connectivity index (χ0n) is 11.2. The second kappa shape index (κ2) is 5.17. The van der Waals surface area contributed by atoms with E-state index in [0.29, 0.717) is 5.84 Å². The first-order valence-electron chi connectivity index (χ1n) is 6.41. The molecule has 0 heterocycles. The van der Waals surface area contributed by atoms with Gasteiger partial charge in [0.25, 0.3) is 0 Å². The first-order chi connectivity index (χ1) is 7.33. The fraction of sp³-hybridized carbons (Fsp3) is 0.923. The van der Waals surface area contributed by atoms with Crippen molar-refractivity contribution in [3.63, 3.8) is 0 Å². The normalized spacial score (nSPS) is 17.1. The molecule has 0 spiro atoms. The van der Waals surface area contributed by atoms with Crippen molar-refractivity contribution in [3.05, 3.63) is 0 Å². The number of amidine groups is 1. The standard InChI is InChI=1S/C13H27N3/c1-10(2)9-16(11-5-6-11)8-7-13(3,4)12(14)15/h10-11H,5-9H2,1-4H3,(H3,14,15). The summed E-state index contributed by atoms with van der Waals surface area (Å²) >= 11 is 0. The van der Waals surface area contributed by atoms with Crippen molar-refractivity contribution in [2.75, 3.05) is 13.1 Å². The lowest BCUT2D eigenvalue weighted by Crippen LogP contribution is -2.37. The molecule has 94 valence electrons. The predicted molar refractivity (Wildman–Crippen MR) is 69.7 cm³/mol. The summed E-state index contributed by atoms with van der Waals surface area (Å²) in [5.41, 5.74) is 5.47. The molecule has 1 fully saturated rings. The molecule has 1 rings (SSSR count). The highest BCUT2D eigenvalue weighted by Crippen LogP contribution is 2.29. The van der Waals surface area contributed by atoms with Gasteiger partial charge in [0, 0.05) is 18.0 Å². The Morgan fingerprint density at radius 1 is 1.44 bits per heavy atom. The second-order valence-corrected chi connectivity index (χ2v) is 6.17. The fourth-order valence-electron chi connectivity index (χ4n) is 1.89. The number of hydrogen-bond donors (Lipinski definition) is 2. The van der Waals surface area contributed by atoms with Crippen LogP contribution < -0.4 is 5.73 Å². The van der Waals surface area contributed by atoms with E-state index in [-0.39, 0.29) is 5.41 Å². The van der Waals surface area contributed by atoms with E-state index in [1.54, 1.807) is 0 Å². The van der Waals surface area contributed by atoms with Crippen molar-refractivity contribution >= 4 is 5.84 Å². The summed E-state index contributed by atoms with van der Waals surface area (Å²) in [6, 6.07) is 0.810. The van der Waals surface area contributed by atoms with Gasteiger partial charge in [-0.25, -0.2) is 0 Å². The molecule has 0 bridgehead atoms. The molecule has 0 atom stereocenters. The molecule has 1 saturated carbocycles. The largest absolute Gasteiger partial charge is 0.387 e. The van der Waals surface area contributed by atoms with Crippen LogP contribution in [0.2, 0.25) is 0 Å². The van der Waals surface area contributed by atoms with E-state index in [1.807, 2.05) is 0 Å². The van der Waals surface area contributed by atoms with Crippen LogP contribution in [0.15, 0.2) is 0 Å². The monoisotopic (exact) mass is 225 g/mol. The summed E-state index contributed by atoms with van der Waals surface area (Å²) in [6.07, 6.45) is 3.70. The third kappa shape index (κ3) is 4.12. The van der Waals surface area contributed by atoms with Crippen LogP contribution in [0.25, 0.3) is 0 Å². The van der Waals surface area contributed by atoms with Crippen LogP contribution >= 0.6 is 0 Å². The Bertz CT molecular complexity index is 242. The number of hydrogen-bond acceptors (Lipinski definition) is 2. The maximum Gasteiger partial charge on any atom is 0.0963 e. The van der Waals surface area contributed by atoms with Gasteiger partial charge < -0.3 is 10.6 Å². The molecule has 0 saturated heterocycles. The van der Waals surface area contributed by atoms with E-state index in [1.165, 1.54) is 19.4 Å². The van der Waals surface area contributed by atoms with Crippen LogP contribution in [0.3, 0.4) is 0 Å². The Morgan fingerprint density at radius 3 is 2.38 bits per heavy atom. The minimum Gasteiger partial charge on any atom is -0.387 e. The average molecular weight is 225 g/mol. The van der Waals surface area contributed by atoms with Gasteiger partial charge in [0.15, 0.2) is 0 Å². The third-order valence-electron chi connectivity index (χ3n) is 3.42. The highest BCUT2D eigenvalue weighted by atomic mass is 15.2. The molecular weight excluding hydrogens is 198 g/mol. The van der Waals surface area contributed by atoms with Crippen molar-refractivity contribution in [1.29, 1.82) is 5.41 Å². The van der Waals surface area contributed by atoms with Gasteiger partial charge in [-0.3, -0.25) is 5.41 Å². The Balaban J connectivity index is 2.40. The quantitative estimate of drug-likeness (QED) is 0.516. The summed E-state index contributed by atoms with van der Waals surface area (Å²) in [7, 11) is 0.